The standard InChI is InChI=1S/C18H28BrNS/c1-3-20-17(16-10-12(2)18(19)21-16)15-9-8-13-6-4-5-7-14(13)11-15/h10,13-15,17,20H,3-9,11H2,1-2H3. The summed E-state index contributed by atoms with van der Waals surface area (Å²) < 4.78 is 1.31. The van der Waals surface area contributed by atoms with E-state index < -0.39 is 0 Å². The fraction of sp³-hybridized carbons (Fsp3) is 0.778. The molecule has 4 unspecified atom stereocenters. The molecule has 118 valence electrons. The Kier molecular flexibility index (Phi) is 5.45. The van der Waals surface area contributed by atoms with Gasteiger partial charge in [0.2, 0.25) is 0 Å². The molecule has 1 N–H and O–H groups in total. The summed E-state index contributed by atoms with van der Waals surface area (Å²) >= 11 is 5.65. The highest BCUT2D eigenvalue weighted by Crippen LogP contribution is 2.47. The topological polar surface area (TPSA) is 12.0 Å². The van der Waals surface area contributed by atoms with E-state index in [1.807, 2.05) is 11.3 Å². The molecule has 21 heavy (non-hydrogen) atoms. The van der Waals surface area contributed by atoms with E-state index in [-0.39, 0.29) is 0 Å². The van der Waals surface area contributed by atoms with Gasteiger partial charge < -0.3 is 5.32 Å². The molecule has 3 heteroatoms. The fourth-order valence-electron chi connectivity index (χ4n) is 4.57. The van der Waals surface area contributed by atoms with Crippen molar-refractivity contribution in [3.05, 3.63) is 20.3 Å². The number of hydrogen-bond acceptors (Lipinski definition) is 2. The van der Waals surface area contributed by atoms with Gasteiger partial charge in [-0.05, 0) is 78.0 Å². The zero-order valence-corrected chi connectivity index (χ0v) is 15.7. The van der Waals surface area contributed by atoms with Gasteiger partial charge in [0.15, 0.2) is 0 Å². The Bertz CT molecular complexity index is 450. The third kappa shape index (κ3) is 3.56. The first-order valence-electron chi connectivity index (χ1n) is 8.68. The van der Waals surface area contributed by atoms with Gasteiger partial charge in [0.25, 0.3) is 0 Å². The smallest absolute Gasteiger partial charge is 0.0731 e. The number of thiophene rings is 1. The molecule has 0 radical (unpaired) electrons. The summed E-state index contributed by atoms with van der Waals surface area (Å²) in [6, 6.07) is 2.97. The maximum absolute atomic E-state index is 3.79. The minimum Gasteiger partial charge on any atom is -0.309 e. The summed E-state index contributed by atoms with van der Waals surface area (Å²) in [6.45, 7) is 5.53. The van der Waals surface area contributed by atoms with Crippen LogP contribution < -0.4 is 5.32 Å². The van der Waals surface area contributed by atoms with Gasteiger partial charge in [-0.2, -0.15) is 0 Å². The van der Waals surface area contributed by atoms with Crippen LogP contribution in [0, 0.1) is 24.7 Å². The summed E-state index contributed by atoms with van der Waals surface area (Å²) in [5.41, 5.74) is 1.39. The SMILES string of the molecule is CCNC(c1cc(C)c(Br)s1)C1CCC2CCCCC2C1. The summed E-state index contributed by atoms with van der Waals surface area (Å²) in [7, 11) is 0. The molecule has 4 atom stereocenters. The Morgan fingerprint density at radius 3 is 2.67 bits per heavy atom. The molecule has 2 fully saturated rings. The number of hydrogen-bond donors (Lipinski definition) is 1. The van der Waals surface area contributed by atoms with Crippen molar-refractivity contribution >= 4 is 27.3 Å². The van der Waals surface area contributed by atoms with Crippen LogP contribution in [0.4, 0.5) is 0 Å². The molecular formula is C18H28BrNS. The largest absolute Gasteiger partial charge is 0.309 e. The molecule has 0 aromatic carbocycles. The minimum absolute atomic E-state index is 0.577. The molecular weight excluding hydrogens is 342 g/mol. The Hall–Kier alpha value is 0.140. The molecule has 1 aromatic heterocycles. The first-order chi connectivity index (χ1) is 10.2. The van der Waals surface area contributed by atoms with Crippen molar-refractivity contribution in [2.24, 2.45) is 17.8 Å². The van der Waals surface area contributed by atoms with Gasteiger partial charge in [-0.15, -0.1) is 11.3 Å². The van der Waals surface area contributed by atoms with Gasteiger partial charge in [0.1, 0.15) is 0 Å². The van der Waals surface area contributed by atoms with Crippen LogP contribution in [-0.4, -0.2) is 6.54 Å². The van der Waals surface area contributed by atoms with Gasteiger partial charge in [-0.25, -0.2) is 0 Å². The van der Waals surface area contributed by atoms with Gasteiger partial charge in [0.05, 0.1) is 3.79 Å². The summed E-state index contributed by atoms with van der Waals surface area (Å²) in [4.78, 5) is 1.54. The Morgan fingerprint density at radius 2 is 2.00 bits per heavy atom. The first kappa shape index (κ1) is 16.0. The second kappa shape index (κ2) is 7.14. The maximum atomic E-state index is 3.79. The monoisotopic (exact) mass is 369 g/mol. The lowest BCUT2D eigenvalue weighted by Crippen LogP contribution is -2.35. The zero-order chi connectivity index (χ0) is 14.8. The van der Waals surface area contributed by atoms with Crippen molar-refractivity contribution in [1.29, 1.82) is 0 Å². The lowest BCUT2D eigenvalue weighted by Gasteiger charge is -2.42. The predicted octanol–water partition coefficient (Wildman–Crippen LogP) is 6.08. The van der Waals surface area contributed by atoms with Crippen molar-refractivity contribution in [3.8, 4) is 0 Å². The molecule has 1 aromatic rings. The lowest BCUT2D eigenvalue weighted by molar-refractivity contribution is 0.110. The van der Waals surface area contributed by atoms with E-state index in [4.69, 9.17) is 0 Å². The molecule has 2 aliphatic rings. The Balaban J connectivity index is 1.74. The summed E-state index contributed by atoms with van der Waals surface area (Å²) in [5, 5.41) is 3.79. The van der Waals surface area contributed by atoms with Gasteiger partial charge in [0, 0.05) is 10.9 Å². The minimum atomic E-state index is 0.577. The van der Waals surface area contributed by atoms with E-state index >= 15 is 0 Å². The first-order valence-corrected chi connectivity index (χ1v) is 10.3. The van der Waals surface area contributed by atoms with Crippen LogP contribution in [0.15, 0.2) is 9.85 Å². The van der Waals surface area contributed by atoms with Crippen LogP contribution in [0.1, 0.15) is 68.4 Å². The van der Waals surface area contributed by atoms with Crippen LogP contribution in [0.5, 0.6) is 0 Å². The van der Waals surface area contributed by atoms with E-state index in [1.54, 1.807) is 4.88 Å². The van der Waals surface area contributed by atoms with Gasteiger partial charge in [-0.3, -0.25) is 0 Å². The average molecular weight is 370 g/mol. The number of halogens is 1. The second-order valence-corrected chi connectivity index (χ2v) is 9.42. The van der Waals surface area contributed by atoms with Gasteiger partial charge in [-0.1, -0.05) is 32.6 Å². The highest BCUT2D eigenvalue weighted by atomic mass is 79.9. The van der Waals surface area contributed by atoms with Crippen molar-refractivity contribution in [2.45, 2.75) is 64.8 Å². The molecule has 0 spiro atoms. The molecule has 0 amide bonds. The number of fused-ring (bicyclic) bond motifs is 1. The number of rotatable bonds is 4. The maximum Gasteiger partial charge on any atom is 0.0731 e. The van der Waals surface area contributed by atoms with Crippen molar-refractivity contribution in [3.63, 3.8) is 0 Å². The van der Waals surface area contributed by atoms with Crippen molar-refractivity contribution < 1.29 is 0 Å². The molecule has 3 rings (SSSR count). The Morgan fingerprint density at radius 1 is 1.24 bits per heavy atom. The predicted molar refractivity (Wildman–Crippen MR) is 96.0 cm³/mol. The molecule has 1 heterocycles. The molecule has 0 saturated heterocycles. The van der Waals surface area contributed by atoms with E-state index in [9.17, 15) is 0 Å². The average Bonchev–Trinajstić information content (AvgIpc) is 2.83. The third-order valence-corrected chi connectivity index (χ3v) is 7.88. The van der Waals surface area contributed by atoms with E-state index in [0.29, 0.717) is 6.04 Å². The normalized spacial score (nSPS) is 30.9. The van der Waals surface area contributed by atoms with Crippen molar-refractivity contribution in [1.82, 2.24) is 5.32 Å². The summed E-state index contributed by atoms with van der Waals surface area (Å²) in [6.07, 6.45) is 10.3. The molecule has 0 aliphatic heterocycles. The van der Waals surface area contributed by atoms with Crippen LogP contribution in [-0.2, 0) is 0 Å². The molecule has 2 aliphatic carbocycles. The summed E-state index contributed by atoms with van der Waals surface area (Å²) in [5.74, 6) is 2.91. The zero-order valence-electron chi connectivity index (χ0n) is 13.3. The Labute approximate surface area is 142 Å². The second-order valence-electron chi connectivity index (χ2n) is 7.02. The highest BCUT2D eigenvalue weighted by molar-refractivity contribution is 9.11. The quantitative estimate of drug-likeness (QED) is 0.678. The molecule has 1 nitrogen and oxygen atoms in total. The van der Waals surface area contributed by atoms with Crippen LogP contribution in [0.2, 0.25) is 0 Å². The van der Waals surface area contributed by atoms with Gasteiger partial charge >= 0.3 is 0 Å². The van der Waals surface area contributed by atoms with Crippen LogP contribution >= 0.6 is 27.3 Å². The fourth-order valence-corrected chi connectivity index (χ4v) is 6.31. The highest BCUT2D eigenvalue weighted by Gasteiger charge is 2.36. The van der Waals surface area contributed by atoms with Crippen molar-refractivity contribution in [2.75, 3.05) is 6.54 Å². The van der Waals surface area contributed by atoms with E-state index in [0.717, 1.165) is 24.3 Å². The lowest BCUT2D eigenvalue weighted by atomic mass is 9.66. The molecule has 2 saturated carbocycles. The van der Waals surface area contributed by atoms with Crippen LogP contribution in [0.25, 0.3) is 0 Å². The number of aryl methyl sites for hydroxylation is 1. The third-order valence-electron chi connectivity index (χ3n) is 5.66. The van der Waals surface area contributed by atoms with E-state index in [2.05, 4.69) is 41.2 Å². The van der Waals surface area contributed by atoms with E-state index in [1.165, 1.54) is 54.3 Å². The molecule has 0 bridgehead atoms. The van der Waals surface area contributed by atoms with Crippen LogP contribution in [0.3, 0.4) is 0 Å². The number of nitrogens with one attached hydrogen (secondary N) is 1.